The fourth-order valence-corrected chi connectivity index (χ4v) is 6.22. The van der Waals surface area contributed by atoms with E-state index in [1.54, 1.807) is 0 Å². The number of fused-ring (bicyclic) bond motifs is 1. The van der Waals surface area contributed by atoms with Crippen LogP contribution in [0.2, 0.25) is 0 Å². The molecule has 2 bridgehead atoms. The summed E-state index contributed by atoms with van der Waals surface area (Å²) in [6.07, 6.45) is 0.514. The van der Waals surface area contributed by atoms with E-state index in [2.05, 4.69) is 36.4 Å². The zero-order valence-electron chi connectivity index (χ0n) is 15.1. The number of ether oxygens (including phenoxy) is 2. The van der Waals surface area contributed by atoms with E-state index in [-0.39, 0.29) is 29.9 Å². The molecule has 2 saturated heterocycles. The van der Waals surface area contributed by atoms with Crippen LogP contribution in [0.3, 0.4) is 0 Å². The molecule has 0 saturated carbocycles. The Morgan fingerprint density at radius 3 is 2.11 bits per heavy atom. The van der Waals surface area contributed by atoms with Crippen LogP contribution in [0.4, 0.5) is 0 Å². The third kappa shape index (κ3) is 1.65. The summed E-state index contributed by atoms with van der Waals surface area (Å²) in [5, 5.41) is 0. The third-order valence-corrected chi connectivity index (χ3v) is 7.22. The number of hydrogen-bond acceptors (Lipinski definition) is 4. The Labute approximate surface area is 157 Å². The smallest absolute Gasteiger partial charge is 0.314 e. The van der Waals surface area contributed by atoms with Gasteiger partial charge in [-0.15, -0.1) is 0 Å². The fourth-order valence-electron chi connectivity index (χ4n) is 6.22. The van der Waals surface area contributed by atoms with E-state index < -0.39 is 17.4 Å². The molecule has 4 atom stereocenters. The normalized spacial score (nSPS) is 37.6. The van der Waals surface area contributed by atoms with Gasteiger partial charge >= 0.3 is 11.9 Å². The second-order valence-electron chi connectivity index (χ2n) is 8.22. The molecule has 3 aliphatic carbocycles. The van der Waals surface area contributed by atoms with Gasteiger partial charge < -0.3 is 9.47 Å². The van der Waals surface area contributed by atoms with Gasteiger partial charge in [0, 0.05) is 11.8 Å². The molecular formula is C23H20O4. The molecule has 2 aliphatic heterocycles. The highest BCUT2D eigenvalue weighted by Crippen LogP contribution is 2.67. The van der Waals surface area contributed by atoms with E-state index in [1.165, 1.54) is 11.1 Å². The van der Waals surface area contributed by atoms with Crippen LogP contribution in [0.1, 0.15) is 53.9 Å². The minimum atomic E-state index is -0.848. The summed E-state index contributed by atoms with van der Waals surface area (Å²) in [4.78, 5) is 26.2. The van der Waals surface area contributed by atoms with Gasteiger partial charge in [0.2, 0.25) is 0 Å². The highest BCUT2D eigenvalue weighted by atomic mass is 16.6. The van der Waals surface area contributed by atoms with Crippen molar-refractivity contribution in [2.75, 3.05) is 0 Å². The van der Waals surface area contributed by atoms with Crippen molar-refractivity contribution in [2.24, 2.45) is 11.3 Å². The first-order valence-corrected chi connectivity index (χ1v) is 9.76. The van der Waals surface area contributed by atoms with E-state index >= 15 is 0 Å². The van der Waals surface area contributed by atoms with Crippen LogP contribution in [0, 0.1) is 11.3 Å². The predicted octanol–water partition coefficient (Wildman–Crippen LogP) is 3.53. The first-order chi connectivity index (χ1) is 13.2. The Hall–Kier alpha value is -2.62. The summed E-state index contributed by atoms with van der Waals surface area (Å²) in [7, 11) is 0. The summed E-state index contributed by atoms with van der Waals surface area (Å²) in [5.41, 5.74) is 4.04. The largest absolute Gasteiger partial charge is 0.458 e. The van der Waals surface area contributed by atoms with Gasteiger partial charge in [0.05, 0.1) is 5.41 Å². The van der Waals surface area contributed by atoms with Gasteiger partial charge in [-0.3, -0.25) is 9.59 Å². The van der Waals surface area contributed by atoms with Gasteiger partial charge in [-0.25, -0.2) is 0 Å². The lowest BCUT2D eigenvalue weighted by Crippen LogP contribution is -2.50. The van der Waals surface area contributed by atoms with Gasteiger partial charge in [-0.1, -0.05) is 55.5 Å². The standard InChI is InChI=1S/C23H20O4/c1-2-17-20-19(21(24)26-17)23(22(25)27-20)11-16-12-7-3-5-9-14(12)18(23)15-10-6-4-8-13(15)16/h3-10,16-20H,2,11H2,1H3/t16?,17-,18?,19+,20+,23?/m0/s1. The molecule has 0 radical (unpaired) electrons. The maximum absolute atomic E-state index is 13.4. The lowest BCUT2D eigenvalue weighted by Gasteiger charge is -2.50. The number of carbonyl (C=O) groups excluding carboxylic acids is 2. The van der Waals surface area contributed by atoms with E-state index in [1.807, 2.05) is 19.1 Å². The van der Waals surface area contributed by atoms with Gasteiger partial charge in [-0.05, 0) is 35.1 Å². The predicted molar refractivity (Wildman–Crippen MR) is 97.2 cm³/mol. The van der Waals surface area contributed by atoms with Crippen molar-refractivity contribution in [1.29, 1.82) is 0 Å². The summed E-state index contributed by atoms with van der Waals surface area (Å²) in [5.74, 6) is -1.03. The summed E-state index contributed by atoms with van der Waals surface area (Å²) in [6.45, 7) is 1.97. The Morgan fingerprint density at radius 2 is 1.52 bits per heavy atom. The van der Waals surface area contributed by atoms with Gasteiger partial charge in [0.1, 0.15) is 12.0 Å². The Morgan fingerprint density at radius 1 is 0.926 bits per heavy atom. The summed E-state index contributed by atoms with van der Waals surface area (Å²) in [6, 6.07) is 16.7. The molecule has 2 aromatic rings. The van der Waals surface area contributed by atoms with Crippen molar-refractivity contribution in [1.82, 2.24) is 0 Å². The number of cyclic esters (lactones) is 1. The number of rotatable bonds is 1. The Bertz CT molecular complexity index is 948. The van der Waals surface area contributed by atoms with Crippen molar-refractivity contribution < 1.29 is 19.1 Å². The lowest BCUT2D eigenvalue weighted by molar-refractivity contribution is -0.162. The van der Waals surface area contributed by atoms with Gasteiger partial charge in [-0.2, -0.15) is 0 Å². The molecule has 1 spiro atoms. The SMILES string of the molecule is CC[C@@H]1OC(=O)[C@H]2[C@@H]1OC(=O)C21CC2c3ccccc3C1c1ccccc12. The minimum absolute atomic E-state index is 0.113. The zero-order valence-corrected chi connectivity index (χ0v) is 15.1. The van der Waals surface area contributed by atoms with E-state index in [9.17, 15) is 9.59 Å². The third-order valence-electron chi connectivity index (χ3n) is 7.22. The highest BCUT2D eigenvalue weighted by Gasteiger charge is 2.72. The summed E-state index contributed by atoms with van der Waals surface area (Å²) < 4.78 is 11.5. The lowest BCUT2D eigenvalue weighted by atomic mass is 9.48. The first kappa shape index (κ1) is 15.4. The second kappa shape index (κ2) is 5.00. The second-order valence-corrected chi connectivity index (χ2v) is 8.22. The molecule has 27 heavy (non-hydrogen) atoms. The van der Waals surface area contributed by atoms with Gasteiger partial charge in [0.15, 0.2) is 6.10 Å². The van der Waals surface area contributed by atoms with Crippen LogP contribution in [-0.2, 0) is 19.1 Å². The van der Waals surface area contributed by atoms with E-state index in [4.69, 9.17) is 9.47 Å². The monoisotopic (exact) mass is 360 g/mol. The zero-order chi connectivity index (χ0) is 18.3. The number of hydrogen-bond donors (Lipinski definition) is 0. The maximum atomic E-state index is 13.4. The molecule has 5 aliphatic rings. The van der Waals surface area contributed by atoms with Crippen molar-refractivity contribution in [2.45, 2.75) is 43.8 Å². The number of benzene rings is 2. The number of carbonyl (C=O) groups is 2. The number of esters is 2. The quantitative estimate of drug-likeness (QED) is 0.730. The Balaban J connectivity index is 1.62. The van der Waals surface area contributed by atoms with Crippen LogP contribution in [0.5, 0.6) is 0 Å². The molecule has 0 N–H and O–H groups in total. The minimum Gasteiger partial charge on any atom is -0.458 e. The molecule has 2 heterocycles. The van der Waals surface area contributed by atoms with Crippen LogP contribution in [0.25, 0.3) is 0 Å². The molecule has 7 rings (SSSR count). The Kier molecular flexibility index (Phi) is 2.86. The van der Waals surface area contributed by atoms with Crippen molar-refractivity contribution in [3.8, 4) is 0 Å². The molecule has 0 amide bonds. The maximum Gasteiger partial charge on any atom is 0.314 e. The molecule has 2 fully saturated rings. The van der Waals surface area contributed by atoms with Crippen LogP contribution >= 0.6 is 0 Å². The molecule has 0 aromatic heterocycles. The van der Waals surface area contributed by atoms with Crippen LogP contribution in [0.15, 0.2) is 48.5 Å². The van der Waals surface area contributed by atoms with E-state index in [0.29, 0.717) is 12.8 Å². The first-order valence-electron chi connectivity index (χ1n) is 9.76. The van der Waals surface area contributed by atoms with Crippen molar-refractivity contribution in [3.05, 3.63) is 70.8 Å². The van der Waals surface area contributed by atoms with Crippen LogP contribution in [-0.4, -0.2) is 24.1 Å². The summed E-state index contributed by atoms with van der Waals surface area (Å²) >= 11 is 0. The average molecular weight is 360 g/mol. The molecule has 2 aromatic carbocycles. The van der Waals surface area contributed by atoms with Gasteiger partial charge in [0.25, 0.3) is 0 Å². The highest BCUT2D eigenvalue weighted by molar-refractivity contribution is 5.93. The topological polar surface area (TPSA) is 52.6 Å². The van der Waals surface area contributed by atoms with Crippen molar-refractivity contribution in [3.63, 3.8) is 0 Å². The average Bonchev–Trinajstić information content (AvgIpc) is 3.17. The molecule has 4 heteroatoms. The molecule has 4 nitrogen and oxygen atoms in total. The fraction of sp³-hybridized carbons (Fsp3) is 0.391. The van der Waals surface area contributed by atoms with Crippen molar-refractivity contribution >= 4 is 11.9 Å². The van der Waals surface area contributed by atoms with Crippen LogP contribution < -0.4 is 0 Å². The molecular weight excluding hydrogens is 340 g/mol. The van der Waals surface area contributed by atoms with E-state index in [0.717, 1.165) is 11.1 Å². The molecule has 136 valence electrons. The molecule has 1 unspecified atom stereocenters.